The molecule has 0 saturated carbocycles. The Morgan fingerprint density at radius 1 is 1.35 bits per heavy atom. The molecule has 0 bridgehead atoms. The van der Waals surface area contributed by atoms with Gasteiger partial charge in [0.1, 0.15) is 5.75 Å². The van der Waals surface area contributed by atoms with E-state index in [1.165, 1.54) is 0 Å². The maximum Gasteiger partial charge on any atom is 0.222 e. The number of rotatable bonds is 7. The fourth-order valence-electron chi connectivity index (χ4n) is 1.87. The van der Waals surface area contributed by atoms with Gasteiger partial charge in [0, 0.05) is 26.6 Å². The number of hydrogen-bond acceptors (Lipinski definition) is 3. The zero-order valence-corrected chi connectivity index (χ0v) is 13.5. The lowest BCUT2D eigenvalue weighted by Crippen LogP contribution is -2.33. The Morgan fingerprint density at radius 3 is 2.45 bits per heavy atom. The summed E-state index contributed by atoms with van der Waals surface area (Å²) in [7, 11) is 5.39. The van der Waals surface area contributed by atoms with Crippen molar-refractivity contribution < 1.29 is 9.53 Å². The van der Waals surface area contributed by atoms with Gasteiger partial charge in [-0.05, 0) is 30.7 Å². The molecule has 0 spiro atoms. The number of carbonyl (C=O) groups is 1. The van der Waals surface area contributed by atoms with Crippen molar-refractivity contribution in [2.75, 3.05) is 34.3 Å². The maximum absolute atomic E-state index is 12.0. The van der Waals surface area contributed by atoms with Crippen LogP contribution in [0.2, 0.25) is 0 Å². The first-order valence-electron chi connectivity index (χ1n) is 6.61. The summed E-state index contributed by atoms with van der Waals surface area (Å²) in [5, 5.41) is 3.04. The molecule has 1 aromatic carbocycles. The molecule has 1 amide bonds. The lowest BCUT2D eigenvalue weighted by molar-refractivity contribution is -0.130. The highest BCUT2D eigenvalue weighted by Gasteiger charge is 2.14. The van der Waals surface area contributed by atoms with Gasteiger partial charge < -0.3 is 15.0 Å². The molecule has 1 aromatic rings. The summed E-state index contributed by atoms with van der Waals surface area (Å²) in [5.41, 5.74) is 1.16. The normalized spacial score (nSPS) is 11.4. The van der Waals surface area contributed by atoms with Crippen LogP contribution >= 0.6 is 12.4 Å². The topological polar surface area (TPSA) is 41.6 Å². The number of halogens is 1. The van der Waals surface area contributed by atoms with Gasteiger partial charge >= 0.3 is 0 Å². The van der Waals surface area contributed by atoms with Gasteiger partial charge in [0.2, 0.25) is 5.91 Å². The number of benzene rings is 1. The van der Waals surface area contributed by atoms with Crippen LogP contribution in [0.1, 0.15) is 24.8 Å². The fourth-order valence-corrected chi connectivity index (χ4v) is 1.87. The zero-order valence-electron chi connectivity index (χ0n) is 12.7. The molecule has 1 atom stereocenters. The van der Waals surface area contributed by atoms with Gasteiger partial charge in [-0.15, -0.1) is 12.4 Å². The minimum atomic E-state index is 0. The summed E-state index contributed by atoms with van der Waals surface area (Å²) >= 11 is 0. The van der Waals surface area contributed by atoms with Gasteiger partial charge in [-0.25, -0.2) is 0 Å². The fraction of sp³-hybridized carbons (Fsp3) is 0.533. The predicted molar refractivity (Wildman–Crippen MR) is 84.8 cm³/mol. The Kier molecular flexibility index (Phi) is 9.01. The van der Waals surface area contributed by atoms with Crippen LogP contribution in [-0.4, -0.2) is 45.1 Å². The van der Waals surface area contributed by atoms with E-state index in [1.807, 2.05) is 38.4 Å². The summed E-state index contributed by atoms with van der Waals surface area (Å²) in [6.07, 6.45) is 0.534. The van der Waals surface area contributed by atoms with Crippen LogP contribution in [0.3, 0.4) is 0 Å². The highest BCUT2D eigenvalue weighted by Crippen LogP contribution is 2.22. The van der Waals surface area contributed by atoms with Crippen molar-refractivity contribution in [3.05, 3.63) is 29.8 Å². The van der Waals surface area contributed by atoms with Crippen LogP contribution in [0.25, 0.3) is 0 Å². The van der Waals surface area contributed by atoms with Crippen LogP contribution in [0, 0.1) is 0 Å². The van der Waals surface area contributed by atoms with Crippen LogP contribution in [0.15, 0.2) is 24.3 Å². The van der Waals surface area contributed by atoms with Crippen molar-refractivity contribution in [2.45, 2.75) is 19.3 Å². The molecule has 0 fully saturated rings. The second-order valence-corrected chi connectivity index (χ2v) is 4.80. The summed E-state index contributed by atoms with van der Waals surface area (Å²) < 4.78 is 5.13. The number of methoxy groups -OCH3 is 1. The van der Waals surface area contributed by atoms with Crippen LogP contribution in [0.4, 0.5) is 0 Å². The quantitative estimate of drug-likeness (QED) is 0.840. The number of amides is 1. The number of nitrogens with zero attached hydrogens (tertiary/aromatic N) is 1. The van der Waals surface area contributed by atoms with Crippen LogP contribution in [-0.2, 0) is 4.79 Å². The number of ether oxygens (including phenoxy) is 1. The largest absolute Gasteiger partial charge is 0.497 e. The summed E-state index contributed by atoms with van der Waals surface area (Å²) in [6, 6.07) is 7.90. The van der Waals surface area contributed by atoms with Crippen LogP contribution < -0.4 is 10.1 Å². The smallest absolute Gasteiger partial charge is 0.222 e. The molecule has 0 heterocycles. The molecule has 1 N–H and O–H groups in total. The molecule has 0 aliphatic rings. The second kappa shape index (κ2) is 9.61. The van der Waals surface area contributed by atoms with E-state index in [9.17, 15) is 4.79 Å². The second-order valence-electron chi connectivity index (χ2n) is 4.80. The molecule has 0 saturated heterocycles. The van der Waals surface area contributed by atoms with E-state index in [4.69, 9.17) is 4.74 Å². The van der Waals surface area contributed by atoms with E-state index >= 15 is 0 Å². The average molecular weight is 301 g/mol. The monoisotopic (exact) mass is 300 g/mol. The molecule has 1 rings (SSSR count). The minimum Gasteiger partial charge on any atom is -0.497 e. The number of nitrogens with one attached hydrogen (secondary N) is 1. The van der Waals surface area contributed by atoms with Crippen molar-refractivity contribution in [1.29, 1.82) is 0 Å². The van der Waals surface area contributed by atoms with Crippen molar-refractivity contribution in [1.82, 2.24) is 10.2 Å². The molecule has 1 unspecified atom stereocenters. The number of likely N-dealkylation sites (N-methyl/N-ethyl adjacent to an activating group) is 2. The van der Waals surface area contributed by atoms with E-state index in [-0.39, 0.29) is 24.2 Å². The molecule has 20 heavy (non-hydrogen) atoms. The minimum absolute atomic E-state index is 0. The third-order valence-electron chi connectivity index (χ3n) is 3.29. The van der Waals surface area contributed by atoms with Gasteiger partial charge in [-0.2, -0.15) is 0 Å². The molecular formula is C15H25ClN2O2. The summed E-state index contributed by atoms with van der Waals surface area (Å²) in [4.78, 5) is 13.8. The highest BCUT2D eigenvalue weighted by molar-refractivity contribution is 5.85. The van der Waals surface area contributed by atoms with Crippen molar-refractivity contribution in [3.63, 3.8) is 0 Å². The van der Waals surface area contributed by atoms with Crippen molar-refractivity contribution in [3.8, 4) is 5.75 Å². The predicted octanol–water partition coefficient (Wildman–Crippen LogP) is 2.29. The maximum atomic E-state index is 12.0. The summed E-state index contributed by atoms with van der Waals surface area (Å²) in [6.45, 7) is 3.63. The molecule has 0 radical (unpaired) electrons. The van der Waals surface area contributed by atoms with Gasteiger partial charge in [-0.3, -0.25) is 4.79 Å². The molecule has 0 aliphatic carbocycles. The van der Waals surface area contributed by atoms with Crippen molar-refractivity contribution in [2.24, 2.45) is 0 Å². The van der Waals surface area contributed by atoms with E-state index in [2.05, 4.69) is 12.2 Å². The van der Waals surface area contributed by atoms with E-state index in [1.54, 1.807) is 12.0 Å². The molecule has 5 heteroatoms. The molecule has 0 aromatic heterocycles. The van der Waals surface area contributed by atoms with Gasteiger partial charge in [0.05, 0.1) is 7.11 Å². The Morgan fingerprint density at radius 2 is 1.95 bits per heavy atom. The first kappa shape index (κ1) is 18.7. The standard InChI is InChI=1S/C15H24N2O2.ClH/c1-12(11-15(18)17(3)10-9-16-2)13-5-7-14(19-4)8-6-13;/h5-8,12,16H,9-11H2,1-4H3;1H. The van der Waals surface area contributed by atoms with Gasteiger partial charge in [0.25, 0.3) is 0 Å². The highest BCUT2D eigenvalue weighted by atomic mass is 35.5. The average Bonchev–Trinajstić information content (AvgIpc) is 2.44. The molecule has 114 valence electrons. The third kappa shape index (κ3) is 5.80. The number of hydrogen-bond donors (Lipinski definition) is 1. The van der Waals surface area contributed by atoms with E-state index in [0.29, 0.717) is 6.42 Å². The van der Waals surface area contributed by atoms with Crippen molar-refractivity contribution >= 4 is 18.3 Å². The third-order valence-corrected chi connectivity index (χ3v) is 3.29. The molecule has 4 nitrogen and oxygen atoms in total. The Bertz CT molecular complexity index is 395. The van der Waals surface area contributed by atoms with E-state index in [0.717, 1.165) is 24.4 Å². The lowest BCUT2D eigenvalue weighted by Gasteiger charge is -2.19. The zero-order chi connectivity index (χ0) is 14.3. The Balaban J connectivity index is 0.00000361. The SMILES string of the molecule is CNCCN(C)C(=O)CC(C)c1ccc(OC)cc1.Cl. The van der Waals surface area contributed by atoms with Gasteiger partial charge in [0.15, 0.2) is 0 Å². The van der Waals surface area contributed by atoms with Crippen LogP contribution in [0.5, 0.6) is 5.75 Å². The lowest BCUT2D eigenvalue weighted by atomic mass is 9.97. The molecular weight excluding hydrogens is 276 g/mol. The van der Waals surface area contributed by atoms with Gasteiger partial charge in [-0.1, -0.05) is 19.1 Å². The Hall–Kier alpha value is -1.26. The first-order valence-corrected chi connectivity index (χ1v) is 6.61. The number of carbonyl (C=O) groups excluding carboxylic acids is 1. The van der Waals surface area contributed by atoms with E-state index < -0.39 is 0 Å². The molecule has 0 aliphatic heterocycles. The first-order chi connectivity index (χ1) is 9.08. The Labute approximate surface area is 127 Å². The summed E-state index contributed by atoms with van der Waals surface area (Å²) in [5.74, 6) is 1.24.